The minimum absolute atomic E-state index is 0.471. The molecule has 0 aromatic carbocycles. The number of hydrogen-bond acceptors (Lipinski definition) is 6. The number of aryl methyl sites for hydroxylation is 3. The summed E-state index contributed by atoms with van der Waals surface area (Å²) in [6.07, 6.45) is 4.03. The Hall–Kier alpha value is -1.95. The van der Waals surface area contributed by atoms with Crippen LogP contribution in [0, 0.1) is 20.8 Å². The number of likely N-dealkylation sites (tertiary alicyclic amines) is 1. The summed E-state index contributed by atoms with van der Waals surface area (Å²) in [6, 6.07) is 2.52. The van der Waals surface area contributed by atoms with E-state index < -0.39 is 0 Å². The summed E-state index contributed by atoms with van der Waals surface area (Å²) >= 11 is 0. The predicted octanol–water partition coefficient (Wildman–Crippen LogP) is 2.49. The summed E-state index contributed by atoms with van der Waals surface area (Å²) in [6.45, 7) is 9.08. The van der Waals surface area contributed by atoms with E-state index in [4.69, 9.17) is 4.52 Å². The van der Waals surface area contributed by atoms with Crippen LogP contribution < -0.4 is 4.90 Å². The van der Waals surface area contributed by atoms with E-state index in [2.05, 4.69) is 32.0 Å². The van der Waals surface area contributed by atoms with Crippen LogP contribution in [0.15, 0.2) is 16.9 Å². The van der Waals surface area contributed by atoms with Crippen LogP contribution in [0.1, 0.15) is 35.6 Å². The monoisotopic (exact) mass is 315 g/mol. The molecule has 0 saturated carbocycles. The third-order valence-electron chi connectivity index (χ3n) is 4.74. The Balaban J connectivity index is 1.68. The second-order valence-corrected chi connectivity index (χ2v) is 6.46. The van der Waals surface area contributed by atoms with E-state index in [9.17, 15) is 0 Å². The molecule has 1 saturated heterocycles. The van der Waals surface area contributed by atoms with Crippen LogP contribution in [0.4, 0.5) is 5.82 Å². The van der Waals surface area contributed by atoms with Crippen LogP contribution in [0.25, 0.3) is 0 Å². The van der Waals surface area contributed by atoms with E-state index in [1.165, 1.54) is 18.4 Å². The number of rotatable bonds is 4. The molecule has 6 heteroatoms. The molecule has 0 radical (unpaired) electrons. The van der Waals surface area contributed by atoms with Crippen molar-refractivity contribution in [2.45, 2.75) is 46.2 Å². The van der Waals surface area contributed by atoms with Crippen LogP contribution >= 0.6 is 0 Å². The van der Waals surface area contributed by atoms with Crippen molar-refractivity contribution >= 4 is 5.82 Å². The highest BCUT2D eigenvalue weighted by Gasteiger charge is 2.25. The molecule has 0 bridgehead atoms. The van der Waals surface area contributed by atoms with E-state index in [1.807, 2.05) is 26.8 Å². The van der Waals surface area contributed by atoms with Gasteiger partial charge in [0.05, 0.1) is 5.69 Å². The summed E-state index contributed by atoms with van der Waals surface area (Å²) in [4.78, 5) is 13.4. The molecule has 2 aromatic heterocycles. The predicted molar refractivity (Wildman–Crippen MR) is 89.4 cm³/mol. The van der Waals surface area contributed by atoms with Crippen molar-refractivity contribution in [3.05, 3.63) is 35.1 Å². The lowest BCUT2D eigenvalue weighted by Gasteiger charge is -2.38. The number of anilines is 1. The normalized spacial score (nSPS) is 19.0. The first-order valence-corrected chi connectivity index (χ1v) is 8.20. The molecular weight excluding hydrogens is 290 g/mol. The van der Waals surface area contributed by atoms with Gasteiger partial charge < -0.3 is 9.42 Å². The molecule has 1 atom stereocenters. The van der Waals surface area contributed by atoms with Gasteiger partial charge in [-0.2, -0.15) is 0 Å². The lowest BCUT2D eigenvalue weighted by Crippen LogP contribution is -2.46. The highest BCUT2D eigenvalue weighted by Crippen LogP contribution is 2.23. The Morgan fingerprint density at radius 1 is 1.30 bits per heavy atom. The maximum Gasteiger partial charge on any atom is 0.138 e. The lowest BCUT2D eigenvalue weighted by atomic mass is 10.0. The highest BCUT2D eigenvalue weighted by atomic mass is 16.5. The standard InChI is InChI=1S/C17H25N5O/c1-12-8-17(19-11-18-12)21(4)15-6-5-7-22(9-15)10-16-13(2)20-23-14(16)3/h8,11,15H,5-7,9-10H2,1-4H3. The van der Waals surface area contributed by atoms with Gasteiger partial charge in [-0.05, 0) is 40.2 Å². The van der Waals surface area contributed by atoms with Crippen LogP contribution in [0.3, 0.4) is 0 Å². The Bertz CT molecular complexity index is 649. The summed E-state index contributed by atoms with van der Waals surface area (Å²) < 4.78 is 5.29. The molecule has 1 fully saturated rings. The molecule has 23 heavy (non-hydrogen) atoms. The number of hydrogen-bond donors (Lipinski definition) is 0. The Kier molecular flexibility index (Phi) is 4.61. The summed E-state index contributed by atoms with van der Waals surface area (Å²) in [5, 5.41) is 4.06. The van der Waals surface area contributed by atoms with Crippen molar-refractivity contribution in [1.82, 2.24) is 20.0 Å². The molecule has 3 rings (SSSR count). The van der Waals surface area contributed by atoms with Crippen LogP contribution in [0.5, 0.6) is 0 Å². The molecule has 0 spiro atoms. The number of aromatic nitrogens is 3. The highest BCUT2D eigenvalue weighted by molar-refractivity contribution is 5.39. The van der Waals surface area contributed by atoms with Gasteiger partial charge in [0.25, 0.3) is 0 Å². The Morgan fingerprint density at radius 3 is 2.83 bits per heavy atom. The van der Waals surface area contributed by atoms with E-state index in [1.54, 1.807) is 6.33 Å². The van der Waals surface area contributed by atoms with Gasteiger partial charge in [0.1, 0.15) is 17.9 Å². The van der Waals surface area contributed by atoms with Crippen LogP contribution in [-0.4, -0.2) is 46.2 Å². The minimum atomic E-state index is 0.471. The molecule has 1 aliphatic heterocycles. The molecule has 0 amide bonds. The van der Waals surface area contributed by atoms with Crippen molar-refractivity contribution in [3.63, 3.8) is 0 Å². The fourth-order valence-electron chi connectivity index (χ4n) is 3.26. The van der Waals surface area contributed by atoms with Gasteiger partial charge >= 0.3 is 0 Å². The average Bonchev–Trinajstić information content (AvgIpc) is 2.86. The van der Waals surface area contributed by atoms with E-state index in [-0.39, 0.29) is 0 Å². The van der Waals surface area contributed by atoms with Gasteiger partial charge in [0.2, 0.25) is 0 Å². The summed E-state index contributed by atoms with van der Waals surface area (Å²) in [5.74, 6) is 1.94. The minimum Gasteiger partial charge on any atom is -0.361 e. The summed E-state index contributed by atoms with van der Waals surface area (Å²) in [5.41, 5.74) is 3.24. The zero-order valence-electron chi connectivity index (χ0n) is 14.4. The maximum absolute atomic E-state index is 5.29. The first-order valence-electron chi connectivity index (χ1n) is 8.20. The van der Waals surface area contributed by atoms with E-state index in [0.717, 1.165) is 42.6 Å². The van der Waals surface area contributed by atoms with E-state index >= 15 is 0 Å². The van der Waals surface area contributed by atoms with Crippen molar-refractivity contribution < 1.29 is 4.52 Å². The second-order valence-electron chi connectivity index (χ2n) is 6.46. The molecule has 1 aliphatic rings. The van der Waals surface area contributed by atoms with Gasteiger partial charge in [-0.1, -0.05) is 5.16 Å². The van der Waals surface area contributed by atoms with Crippen molar-refractivity contribution in [2.24, 2.45) is 0 Å². The maximum atomic E-state index is 5.29. The topological polar surface area (TPSA) is 58.3 Å². The smallest absolute Gasteiger partial charge is 0.138 e. The molecular formula is C17H25N5O. The quantitative estimate of drug-likeness (QED) is 0.864. The molecule has 1 unspecified atom stereocenters. The zero-order valence-corrected chi connectivity index (χ0v) is 14.4. The molecule has 2 aromatic rings. The fourth-order valence-corrected chi connectivity index (χ4v) is 3.26. The number of nitrogens with zero attached hydrogens (tertiary/aromatic N) is 5. The SMILES string of the molecule is Cc1cc(N(C)C2CCCN(Cc3c(C)noc3C)C2)ncn1. The molecule has 124 valence electrons. The van der Waals surface area contributed by atoms with E-state index in [0.29, 0.717) is 6.04 Å². The first kappa shape index (κ1) is 15.9. The molecule has 3 heterocycles. The Labute approximate surface area is 137 Å². The molecule has 0 aliphatic carbocycles. The third-order valence-corrected chi connectivity index (χ3v) is 4.74. The van der Waals surface area contributed by atoms with Crippen LogP contribution in [0.2, 0.25) is 0 Å². The van der Waals surface area contributed by atoms with Gasteiger partial charge in [-0.3, -0.25) is 4.90 Å². The fraction of sp³-hybridized carbons (Fsp3) is 0.588. The van der Waals surface area contributed by atoms with Gasteiger partial charge in [0, 0.05) is 43.5 Å². The lowest BCUT2D eigenvalue weighted by molar-refractivity contribution is 0.197. The first-order chi connectivity index (χ1) is 11.0. The van der Waals surface area contributed by atoms with Crippen molar-refractivity contribution in [3.8, 4) is 0 Å². The zero-order chi connectivity index (χ0) is 16.4. The number of piperidine rings is 1. The van der Waals surface area contributed by atoms with Crippen molar-refractivity contribution in [1.29, 1.82) is 0 Å². The van der Waals surface area contributed by atoms with Crippen molar-refractivity contribution in [2.75, 3.05) is 25.0 Å². The van der Waals surface area contributed by atoms with Crippen LogP contribution in [-0.2, 0) is 6.54 Å². The average molecular weight is 315 g/mol. The van der Waals surface area contributed by atoms with Gasteiger partial charge in [0.15, 0.2) is 0 Å². The second kappa shape index (κ2) is 6.66. The van der Waals surface area contributed by atoms with Gasteiger partial charge in [-0.25, -0.2) is 9.97 Å². The molecule has 0 N–H and O–H groups in total. The largest absolute Gasteiger partial charge is 0.361 e. The van der Waals surface area contributed by atoms with Gasteiger partial charge in [-0.15, -0.1) is 0 Å². The third kappa shape index (κ3) is 3.52. The molecule has 6 nitrogen and oxygen atoms in total. The Morgan fingerprint density at radius 2 is 2.13 bits per heavy atom. The summed E-state index contributed by atoms with van der Waals surface area (Å²) in [7, 11) is 2.13. The number of likely N-dealkylation sites (N-methyl/N-ethyl adjacent to an activating group) is 1.